The SMILES string of the molecule is CCCCCCCCCCCCCCCCCCCCCC(O)CC(=O)NC(COP(=O)(O)OC1C(O)C(O)C(O)C(O)C1O)C(O)CCCCCCCCCCCCCCCCCCCC. The summed E-state index contributed by atoms with van der Waals surface area (Å²) in [5, 5.41) is 75.0. The molecular weight excluding hydrogens is 874 g/mol. The Kier molecular flexibility index (Phi) is 41.2. The highest BCUT2D eigenvalue weighted by Crippen LogP contribution is 2.47. The first kappa shape index (κ1) is 64.3. The molecule has 14 heteroatoms. The number of rotatable bonds is 48. The van der Waals surface area contributed by atoms with Crippen molar-refractivity contribution in [3.63, 3.8) is 0 Å². The van der Waals surface area contributed by atoms with Crippen molar-refractivity contribution in [1.29, 1.82) is 0 Å². The van der Waals surface area contributed by atoms with E-state index in [0.29, 0.717) is 12.8 Å². The van der Waals surface area contributed by atoms with E-state index < -0.39 is 75.2 Å². The molecule has 9 N–H and O–H groups in total. The van der Waals surface area contributed by atoms with Crippen LogP contribution in [-0.4, -0.2) is 108 Å². The van der Waals surface area contributed by atoms with Crippen molar-refractivity contribution in [3.8, 4) is 0 Å². The molecule has 1 fully saturated rings. The maximum Gasteiger partial charge on any atom is 0.472 e. The second-order valence-corrected chi connectivity index (χ2v) is 21.7. The normalized spacial score (nSPS) is 22.1. The van der Waals surface area contributed by atoms with Gasteiger partial charge in [0.1, 0.15) is 36.6 Å². The number of hydrogen-bond donors (Lipinski definition) is 9. The third-order valence-electron chi connectivity index (χ3n) is 14.0. The standard InChI is InChI=1S/C53H106NO12P/c1-3-5-7-9-11-13-15-17-19-21-23-24-26-28-30-32-34-36-38-40-44(55)42-47(57)54-45(43-65-67(63,64)66-53-51(61)49(59)48(58)50(60)52(53)62)46(56)41-39-37-35-33-31-29-27-25-22-20-18-16-14-12-10-8-6-4-2/h44-46,48-53,55-56,58-62H,3-43H2,1-2H3,(H,54,57)(H,63,64). The van der Waals surface area contributed by atoms with Crippen molar-refractivity contribution >= 4 is 13.7 Å². The number of unbranched alkanes of at least 4 members (excludes halogenated alkanes) is 35. The van der Waals surface area contributed by atoms with Crippen molar-refractivity contribution in [2.75, 3.05) is 6.61 Å². The van der Waals surface area contributed by atoms with Gasteiger partial charge in [-0.25, -0.2) is 4.57 Å². The fraction of sp³-hybridized carbons (Fsp3) is 0.981. The number of phosphoric ester groups is 1. The van der Waals surface area contributed by atoms with Gasteiger partial charge in [-0.15, -0.1) is 0 Å². The number of nitrogens with one attached hydrogen (secondary N) is 1. The molecular formula is C53H106NO12P. The molecule has 0 aromatic heterocycles. The predicted molar refractivity (Wildman–Crippen MR) is 271 cm³/mol. The second-order valence-electron chi connectivity index (χ2n) is 20.3. The summed E-state index contributed by atoms with van der Waals surface area (Å²) in [6, 6.07) is -1.15. The Bertz CT molecular complexity index is 1150. The van der Waals surface area contributed by atoms with Crippen molar-refractivity contribution < 1.29 is 59.0 Å². The van der Waals surface area contributed by atoms with E-state index in [1.54, 1.807) is 0 Å². The molecule has 8 atom stereocenters. The molecule has 1 aliphatic rings. The molecule has 67 heavy (non-hydrogen) atoms. The van der Waals surface area contributed by atoms with Gasteiger partial charge in [-0.2, -0.15) is 0 Å². The largest absolute Gasteiger partial charge is 0.472 e. The molecule has 0 aromatic rings. The predicted octanol–water partition coefficient (Wildman–Crippen LogP) is 11.2. The van der Waals surface area contributed by atoms with Crippen LogP contribution in [-0.2, 0) is 18.4 Å². The van der Waals surface area contributed by atoms with Gasteiger partial charge in [0.2, 0.25) is 5.91 Å². The van der Waals surface area contributed by atoms with Crippen LogP contribution in [0.1, 0.15) is 271 Å². The fourth-order valence-corrected chi connectivity index (χ4v) is 10.4. The van der Waals surface area contributed by atoms with Gasteiger partial charge in [0.05, 0.1) is 31.3 Å². The fourth-order valence-electron chi connectivity index (χ4n) is 9.43. The van der Waals surface area contributed by atoms with Crippen LogP contribution in [0.15, 0.2) is 0 Å². The highest BCUT2D eigenvalue weighted by Gasteiger charge is 2.51. The van der Waals surface area contributed by atoms with E-state index in [1.807, 2.05) is 0 Å². The summed E-state index contributed by atoms with van der Waals surface area (Å²) < 4.78 is 23.0. The van der Waals surface area contributed by atoms with Gasteiger partial charge in [0, 0.05) is 0 Å². The van der Waals surface area contributed by atoms with Crippen molar-refractivity contribution in [2.24, 2.45) is 0 Å². The summed E-state index contributed by atoms with van der Waals surface area (Å²) in [7, 11) is -5.12. The second kappa shape index (κ2) is 42.9. The lowest BCUT2D eigenvalue weighted by Gasteiger charge is -2.41. The Morgan fingerprint density at radius 3 is 1.07 bits per heavy atom. The molecule has 0 saturated heterocycles. The Hall–Kier alpha value is -0.700. The lowest BCUT2D eigenvalue weighted by molar-refractivity contribution is -0.220. The quantitative estimate of drug-likeness (QED) is 0.0205. The lowest BCUT2D eigenvalue weighted by atomic mass is 9.85. The zero-order valence-electron chi connectivity index (χ0n) is 42.8. The minimum atomic E-state index is -5.12. The van der Waals surface area contributed by atoms with Gasteiger partial charge in [0.25, 0.3) is 0 Å². The Labute approximate surface area is 409 Å². The Morgan fingerprint density at radius 1 is 0.463 bits per heavy atom. The number of aliphatic hydroxyl groups excluding tert-OH is 7. The van der Waals surface area contributed by atoms with E-state index in [-0.39, 0.29) is 12.8 Å². The summed E-state index contributed by atoms with van der Waals surface area (Å²) in [4.78, 5) is 23.6. The number of phosphoric acid groups is 1. The third kappa shape index (κ3) is 34.3. The Morgan fingerprint density at radius 2 is 0.746 bits per heavy atom. The van der Waals surface area contributed by atoms with Crippen molar-refractivity contribution in [3.05, 3.63) is 0 Å². The number of amides is 1. The number of hydrogen-bond acceptors (Lipinski definition) is 11. The van der Waals surface area contributed by atoms with Crippen LogP contribution >= 0.6 is 7.82 Å². The van der Waals surface area contributed by atoms with Crippen LogP contribution < -0.4 is 5.32 Å². The van der Waals surface area contributed by atoms with Crippen molar-refractivity contribution in [1.82, 2.24) is 5.32 Å². The lowest BCUT2D eigenvalue weighted by Crippen LogP contribution is -2.64. The molecule has 0 radical (unpaired) electrons. The first-order chi connectivity index (χ1) is 32.3. The van der Waals surface area contributed by atoms with Gasteiger partial charge >= 0.3 is 7.82 Å². The van der Waals surface area contributed by atoms with Crippen molar-refractivity contribution in [2.45, 2.75) is 326 Å². The van der Waals surface area contributed by atoms with Crippen LogP contribution in [0.5, 0.6) is 0 Å². The number of carbonyl (C=O) groups excluding carboxylic acids is 1. The summed E-state index contributed by atoms with van der Waals surface area (Å²) in [5.41, 5.74) is 0. The average Bonchev–Trinajstić information content (AvgIpc) is 3.30. The van der Waals surface area contributed by atoms with E-state index in [1.165, 1.54) is 180 Å². The summed E-state index contributed by atoms with van der Waals surface area (Å²) in [5.74, 6) is -0.553. The van der Waals surface area contributed by atoms with Gasteiger partial charge < -0.3 is 46.0 Å². The maximum atomic E-state index is 13.1. The Balaban J connectivity index is 2.40. The van der Waals surface area contributed by atoms with Gasteiger partial charge in [-0.1, -0.05) is 251 Å². The van der Waals surface area contributed by atoms with Gasteiger partial charge in [-0.3, -0.25) is 13.8 Å². The van der Waals surface area contributed by atoms with E-state index in [9.17, 15) is 50.0 Å². The van der Waals surface area contributed by atoms with Gasteiger partial charge in [-0.05, 0) is 12.8 Å². The minimum Gasteiger partial charge on any atom is -0.393 e. The maximum absolute atomic E-state index is 13.1. The zero-order valence-corrected chi connectivity index (χ0v) is 43.7. The molecule has 1 aliphatic carbocycles. The molecule has 0 spiro atoms. The summed E-state index contributed by atoms with van der Waals surface area (Å²) >= 11 is 0. The molecule has 1 amide bonds. The van der Waals surface area contributed by atoms with Crippen LogP contribution in [0.25, 0.3) is 0 Å². The summed E-state index contributed by atoms with van der Waals surface area (Å²) in [6.45, 7) is 3.84. The van der Waals surface area contributed by atoms with Gasteiger partial charge in [0.15, 0.2) is 0 Å². The number of aliphatic hydroxyl groups is 7. The van der Waals surface area contributed by atoms with Crippen LogP contribution in [0, 0.1) is 0 Å². The van der Waals surface area contributed by atoms with Crippen LogP contribution in [0.2, 0.25) is 0 Å². The molecule has 1 rings (SSSR count). The first-order valence-electron chi connectivity index (χ1n) is 28.1. The average molecular weight is 980 g/mol. The smallest absolute Gasteiger partial charge is 0.393 e. The minimum absolute atomic E-state index is 0.215. The molecule has 0 bridgehead atoms. The molecule has 0 aromatic carbocycles. The van der Waals surface area contributed by atoms with E-state index >= 15 is 0 Å². The number of carbonyl (C=O) groups is 1. The monoisotopic (exact) mass is 980 g/mol. The molecule has 400 valence electrons. The van der Waals surface area contributed by atoms with E-state index in [2.05, 4.69) is 19.2 Å². The molecule has 1 saturated carbocycles. The zero-order chi connectivity index (χ0) is 49.4. The molecule has 0 heterocycles. The van der Waals surface area contributed by atoms with E-state index in [4.69, 9.17) is 9.05 Å². The topological polar surface area (TPSA) is 226 Å². The first-order valence-corrected chi connectivity index (χ1v) is 29.6. The molecule has 13 nitrogen and oxygen atoms in total. The molecule has 0 aliphatic heterocycles. The van der Waals surface area contributed by atoms with Crippen LogP contribution in [0.4, 0.5) is 0 Å². The highest BCUT2D eigenvalue weighted by atomic mass is 31.2. The van der Waals surface area contributed by atoms with E-state index in [0.717, 1.165) is 51.4 Å². The highest BCUT2D eigenvalue weighted by molar-refractivity contribution is 7.47. The van der Waals surface area contributed by atoms with Crippen LogP contribution in [0.3, 0.4) is 0 Å². The third-order valence-corrected chi connectivity index (χ3v) is 15.0. The summed E-state index contributed by atoms with van der Waals surface area (Å²) in [6.07, 6.45) is 32.8. The molecule has 8 unspecified atom stereocenters.